The van der Waals surface area contributed by atoms with Crippen molar-refractivity contribution in [3.63, 3.8) is 0 Å². The fraction of sp³-hybridized carbons (Fsp3) is 1.00. The molecule has 0 aromatic carbocycles. The molecule has 2 heterocycles. The third-order valence-electron chi connectivity index (χ3n) is 5.52. The van der Waals surface area contributed by atoms with Crippen LogP contribution in [0.4, 0.5) is 0 Å². The molecule has 0 spiro atoms. The second-order valence-corrected chi connectivity index (χ2v) is 174. The van der Waals surface area contributed by atoms with Gasteiger partial charge in [-0.1, -0.05) is 0 Å². The molecular formula is C10H30Si6Te4. The number of hydrogen-bond donors (Lipinski definition) is 0. The Morgan fingerprint density at radius 2 is 0.500 bits per heavy atom. The summed E-state index contributed by atoms with van der Waals surface area (Å²) >= 11 is 2.26. The van der Waals surface area contributed by atoms with Crippen LogP contribution in [0.3, 0.4) is 0 Å². The topological polar surface area (TPSA) is 0 Å². The molecule has 10 heteroatoms. The quantitative estimate of drug-likeness (QED) is 0.356. The molecule has 2 fully saturated rings. The van der Waals surface area contributed by atoms with Gasteiger partial charge in [0, 0.05) is 0 Å². The van der Waals surface area contributed by atoms with Crippen molar-refractivity contribution < 1.29 is 0 Å². The van der Waals surface area contributed by atoms with E-state index in [4.69, 9.17) is 0 Å². The minimum absolute atomic E-state index is 0.519. The van der Waals surface area contributed by atoms with E-state index in [2.05, 4.69) is 65.5 Å². The summed E-state index contributed by atoms with van der Waals surface area (Å²) < 4.78 is -1.04. The summed E-state index contributed by atoms with van der Waals surface area (Å²) in [6.07, 6.45) is 0. The van der Waals surface area contributed by atoms with Crippen LogP contribution in [0.25, 0.3) is 0 Å². The molecule has 2 aliphatic heterocycles. The van der Waals surface area contributed by atoms with E-state index >= 15 is 0 Å². The maximum absolute atomic E-state index is 3.09. The van der Waals surface area contributed by atoms with Crippen LogP contribution in [0.5, 0.6) is 0 Å². The van der Waals surface area contributed by atoms with Crippen molar-refractivity contribution in [3.8, 4) is 0 Å². The van der Waals surface area contributed by atoms with E-state index in [0.29, 0.717) is 77.4 Å². The van der Waals surface area contributed by atoms with Crippen LogP contribution in [0.2, 0.25) is 65.5 Å². The molecule has 0 unspecified atom stereocenters. The first kappa shape index (κ1) is 20.8. The average Bonchev–Trinajstić information content (AvgIpc) is 2.38. The molecule has 2 aliphatic rings. The first-order chi connectivity index (χ1) is 8.58. The van der Waals surface area contributed by atoms with Crippen LogP contribution >= 0.6 is 0 Å². The van der Waals surface area contributed by atoms with Crippen LogP contribution in [-0.4, -0.2) is 103 Å². The van der Waals surface area contributed by atoms with Crippen LogP contribution in [0.15, 0.2) is 0 Å². The van der Waals surface area contributed by atoms with E-state index in [-0.39, 0.29) is 0 Å². The predicted octanol–water partition coefficient (Wildman–Crippen LogP) is 2.03. The zero-order chi connectivity index (χ0) is 15.8. The van der Waals surface area contributed by atoms with E-state index in [9.17, 15) is 0 Å². The summed E-state index contributed by atoms with van der Waals surface area (Å²) in [5.74, 6) is 0. The van der Waals surface area contributed by atoms with Gasteiger partial charge in [0.05, 0.1) is 0 Å². The molecule has 0 N–H and O–H groups in total. The molecule has 0 amide bonds. The minimum atomic E-state index is -0.615. The summed E-state index contributed by atoms with van der Waals surface area (Å²) in [5.41, 5.74) is 0. The standard InChI is InChI=1S/C10H30Si6Te4/c1-11(2)12(3,4)18-15(9,17-11)16(10)19-13(5,6)14(7,8)20-16/h1-10H3. The van der Waals surface area contributed by atoms with Crippen molar-refractivity contribution in [2.24, 2.45) is 0 Å². The molecule has 2 saturated heterocycles. The van der Waals surface area contributed by atoms with Gasteiger partial charge in [0.25, 0.3) is 0 Å². The third kappa shape index (κ3) is 3.36. The van der Waals surface area contributed by atoms with Crippen molar-refractivity contribution in [2.75, 3.05) is 0 Å². The van der Waals surface area contributed by atoms with Crippen molar-refractivity contribution in [2.45, 2.75) is 65.5 Å². The SMILES string of the molecule is C[Si]1(C)[Te][Si](C)([Si]2(C)[Te][Si](C)(C)[Si](C)(C)[Te]2)[Te][Si]1(C)C. The van der Waals surface area contributed by atoms with Crippen LogP contribution < -0.4 is 0 Å². The van der Waals surface area contributed by atoms with E-state index in [0.717, 1.165) is 0 Å². The second-order valence-electron chi connectivity index (χ2n) is 8.34. The molecule has 2 rings (SSSR count). The molecule has 0 bridgehead atoms. The Morgan fingerprint density at radius 1 is 0.350 bits per heavy atom. The first-order valence-electron chi connectivity index (χ1n) is 7.38. The van der Waals surface area contributed by atoms with Gasteiger partial charge >= 0.3 is 169 Å². The Morgan fingerprint density at radius 3 is 0.650 bits per heavy atom. The Kier molecular flexibility index (Phi) is 6.22. The first-order valence-corrected chi connectivity index (χ1v) is 54.6. The monoisotopic (exact) mass is 838 g/mol. The molecule has 0 aromatic rings. The fourth-order valence-corrected chi connectivity index (χ4v) is 917. The zero-order valence-corrected chi connectivity index (χ0v) is 30.0. The third-order valence-corrected chi connectivity index (χ3v) is 411. The number of rotatable bonds is 1. The van der Waals surface area contributed by atoms with Crippen molar-refractivity contribution in [1.29, 1.82) is 0 Å². The summed E-state index contributed by atoms with van der Waals surface area (Å²) in [5, 5.41) is -2.46. The summed E-state index contributed by atoms with van der Waals surface area (Å²) in [7, 11) is 0. The normalized spacial score (nSPS) is 35.1. The van der Waals surface area contributed by atoms with Gasteiger partial charge in [-0.05, 0) is 0 Å². The van der Waals surface area contributed by atoms with Gasteiger partial charge in [0.2, 0.25) is 0 Å². The Labute approximate surface area is 165 Å². The molecule has 118 valence electrons. The molecular weight excluding hydrogens is 799 g/mol. The molecule has 0 saturated carbocycles. The summed E-state index contributed by atoms with van der Waals surface area (Å²) in [4.78, 5) is 0. The van der Waals surface area contributed by atoms with Crippen LogP contribution in [0, 0.1) is 0 Å². The van der Waals surface area contributed by atoms with E-state index in [1.165, 1.54) is 0 Å². The van der Waals surface area contributed by atoms with Crippen LogP contribution in [-0.2, 0) is 0 Å². The number of hydrogen-bond acceptors (Lipinski definition) is 0. The van der Waals surface area contributed by atoms with E-state index < -0.39 is 25.9 Å². The molecule has 0 radical (unpaired) electrons. The van der Waals surface area contributed by atoms with Crippen molar-refractivity contribution in [3.05, 3.63) is 0 Å². The fourth-order valence-electron chi connectivity index (χ4n) is 2.85. The second kappa shape index (κ2) is 5.99. The van der Waals surface area contributed by atoms with Gasteiger partial charge < -0.3 is 0 Å². The molecule has 20 heavy (non-hydrogen) atoms. The van der Waals surface area contributed by atoms with Gasteiger partial charge in [-0.3, -0.25) is 0 Å². The van der Waals surface area contributed by atoms with Gasteiger partial charge in [-0.15, -0.1) is 0 Å². The molecule has 0 nitrogen and oxygen atoms in total. The Hall–Kier alpha value is 4.46. The molecule has 0 aliphatic carbocycles. The Balaban J connectivity index is 2.39. The maximum atomic E-state index is 3.09. The zero-order valence-electron chi connectivity index (χ0n) is 14.6. The van der Waals surface area contributed by atoms with Crippen molar-refractivity contribution in [1.82, 2.24) is 0 Å². The predicted molar refractivity (Wildman–Crippen MR) is 116 cm³/mol. The van der Waals surface area contributed by atoms with Crippen molar-refractivity contribution >= 4 is 103 Å². The van der Waals surface area contributed by atoms with Crippen LogP contribution in [0.1, 0.15) is 0 Å². The van der Waals surface area contributed by atoms with Gasteiger partial charge in [-0.2, -0.15) is 0 Å². The summed E-state index contributed by atoms with van der Waals surface area (Å²) in [6.45, 7) is 29.3. The molecule has 0 atom stereocenters. The summed E-state index contributed by atoms with van der Waals surface area (Å²) in [6, 6.07) is 0. The average molecular weight is 829 g/mol. The Bertz CT molecular complexity index is 363. The van der Waals surface area contributed by atoms with Gasteiger partial charge in [-0.25, -0.2) is 0 Å². The van der Waals surface area contributed by atoms with Gasteiger partial charge in [0.15, 0.2) is 0 Å². The van der Waals surface area contributed by atoms with E-state index in [1.807, 2.05) is 0 Å². The molecule has 0 aromatic heterocycles. The van der Waals surface area contributed by atoms with E-state index in [1.54, 1.807) is 0 Å². The van der Waals surface area contributed by atoms with Gasteiger partial charge in [0.1, 0.15) is 0 Å².